The number of nitrogens with one attached hydrogen (secondary N) is 2. The normalized spacial score (nSPS) is 11.3. The van der Waals surface area contributed by atoms with Crippen LogP contribution in [0.25, 0.3) is 11.1 Å². The predicted octanol–water partition coefficient (Wildman–Crippen LogP) is 5.25. The van der Waals surface area contributed by atoms with Crippen molar-refractivity contribution < 1.29 is 29.3 Å². The third-order valence-electron chi connectivity index (χ3n) is 5.72. The molecule has 4 N–H and O–H groups in total. The fourth-order valence-corrected chi connectivity index (χ4v) is 3.81. The SMILES string of the molecule is COc1cc(NC(=O)Nc2ccc(OCCCN(C)C)cc2)cc(-c2ccc(/C(C)=N/O)c(O)c2)c1OC. The molecule has 0 aliphatic rings. The maximum Gasteiger partial charge on any atom is 0.323 e. The number of oxime groups is 1. The minimum absolute atomic E-state index is 0.0694. The molecule has 2 amide bonds. The van der Waals surface area contributed by atoms with Gasteiger partial charge in [0.05, 0.1) is 26.5 Å². The van der Waals surface area contributed by atoms with Gasteiger partial charge in [-0.1, -0.05) is 11.2 Å². The Hall–Kier alpha value is -4.44. The van der Waals surface area contributed by atoms with Crippen molar-refractivity contribution in [2.24, 2.45) is 5.16 Å². The highest BCUT2D eigenvalue weighted by molar-refractivity contribution is 6.02. The Morgan fingerprint density at radius 3 is 2.29 bits per heavy atom. The van der Waals surface area contributed by atoms with Gasteiger partial charge in [-0.05, 0) is 75.5 Å². The molecule has 0 fully saturated rings. The molecule has 0 aliphatic heterocycles. The van der Waals surface area contributed by atoms with Gasteiger partial charge in [-0.3, -0.25) is 0 Å². The molecule has 38 heavy (non-hydrogen) atoms. The zero-order valence-corrected chi connectivity index (χ0v) is 22.2. The van der Waals surface area contributed by atoms with E-state index in [1.54, 1.807) is 55.5 Å². The highest BCUT2D eigenvalue weighted by Gasteiger charge is 2.17. The van der Waals surface area contributed by atoms with Crippen molar-refractivity contribution in [1.82, 2.24) is 4.90 Å². The van der Waals surface area contributed by atoms with Gasteiger partial charge in [-0.2, -0.15) is 0 Å². The quantitative estimate of drug-likeness (QED) is 0.117. The summed E-state index contributed by atoms with van der Waals surface area (Å²) in [6.07, 6.45) is 0.920. The fourth-order valence-electron chi connectivity index (χ4n) is 3.81. The van der Waals surface area contributed by atoms with Gasteiger partial charge < -0.3 is 40.1 Å². The summed E-state index contributed by atoms with van der Waals surface area (Å²) < 4.78 is 16.8. The first-order valence-electron chi connectivity index (χ1n) is 12.0. The molecule has 202 valence electrons. The summed E-state index contributed by atoms with van der Waals surface area (Å²) >= 11 is 0. The van der Waals surface area contributed by atoms with E-state index in [1.165, 1.54) is 20.3 Å². The van der Waals surface area contributed by atoms with E-state index in [2.05, 4.69) is 20.7 Å². The van der Waals surface area contributed by atoms with Crippen molar-refractivity contribution >= 4 is 23.1 Å². The lowest BCUT2D eigenvalue weighted by Crippen LogP contribution is -2.19. The molecule has 3 aromatic carbocycles. The summed E-state index contributed by atoms with van der Waals surface area (Å²) in [5.41, 5.74) is 2.91. The summed E-state index contributed by atoms with van der Waals surface area (Å²) in [6, 6.07) is 15.0. The number of aromatic hydroxyl groups is 1. The first-order valence-corrected chi connectivity index (χ1v) is 12.0. The Bertz CT molecular complexity index is 1280. The Morgan fingerprint density at radius 2 is 1.68 bits per heavy atom. The molecule has 10 heteroatoms. The Kier molecular flexibility index (Phi) is 9.78. The minimum Gasteiger partial charge on any atom is -0.507 e. The summed E-state index contributed by atoms with van der Waals surface area (Å²) in [5, 5.41) is 28.3. The van der Waals surface area contributed by atoms with Crippen LogP contribution < -0.4 is 24.8 Å². The lowest BCUT2D eigenvalue weighted by atomic mass is 9.99. The largest absolute Gasteiger partial charge is 0.507 e. The molecule has 3 aromatic rings. The van der Waals surface area contributed by atoms with Crippen molar-refractivity contribution in [3.05, 3.63) is 60.2 Å². The maximum absolute atomic E-state index is 12.7. The van der Waals surface area contributed by atoms with Crippen LogP contribution in [0.15, 0.2) is 59.8 Å². The first-order chi connectivity index (χ1) is 18.2. The van der Waals surface area contributed by atoms with Gasteiger partial charge in [0.25, 0.3) is 0 Å². The molecular formula is C28H34N4O6. The summed E-state index contributed by atoms with van der Waals surface area (Å²) in [6.45, 7) is 3.14. The molecule has 10 nitrogen and oxygen atoms in total. The van der Waals surface area contributed by atoms with E-state index in [9.17, 15) is 9.90 Å². The third-order valence-corrected chi connectivity index (χ3v) is 5.72. The summed E-state index contributed by atoms with van der Waals surface area (Å²) in [7, 11) is 7.05. The number of anilines is 2. The van der Waals surface area contributed by atoms with Crippen molar-refractivity contribution in [3.8, 4) is 34.1 Å². The summed E-state index contributed by atoms with van der Waals surface area (Å²) in [4.78, 5) is 14.8. The molecule has 0 bridgehead atoms. The van der Waals surface area contributed by atoms with Crippen molar-refractivity contribution in [2.45, 2.75) is 13.3 Å². The molecule has 0 spiro atoms. The Morgan fingerprint density at radius 1 is 0.974 bits per heavy atom. The Balaban J connectivity index is 1.76. The van der Waals surface area contributed by atoms with Crippen molar-refractivity contribution in [2.75, 3.05) is 52.1 Å². The second kappa shape index (κ2) is 13.2. The van der Waals surface area contributed by atoms with Gasteiger partial charge >= 0.3 is 6.03 Å². The molecule has 0 unspecified atom stereocenters. The molecule has 0 radical (unpaired) electrons. The number of hydrogen-bond acceptors (Lipinski definition) is 8. The number of methoxy groups -OCH3 is 2. The summed E-state index contributed by atoms with van der Waals surface area (Å²) in [5.74, 6) is 1.49. The van der Waals surface area contributed by atoms with Gasteiger partial charge in [0, 0.05) is 35.1 Å². The Labute approximate surface area is 222 Å². The third kappa shape index (κ3) is 7.30. The number of hydrogen-bond donors (Lipinski definition) is 4. The van der Waals surface area contributed by atoms with E-state index in [1.807, 2.05) is 14.1 Å². The van der Waals surface area contributed by atoms with Crippen LogP contribution in [-0.2, 0) is 0 Å². The number of carbonyl (C=O) groups is 1. The van der Waals surface area contributed by atoms with Crippen LogP contribution in [0.1, 0.15) is 18.9 Å². The molecule has 0 aliphatic carbocycles. The van der Waals surface area contributed by atoms with E-state index < -0.39 is 6.03 Å². The molecule has 0 aromatic heterocycles. The average Bonchev–Trinajstić information content (AvgIpc) is 2.90. The van der Waals surface area contributed by atoms with E-state index in [4.69, 9.17) is 19.4 Å². The molecular weight excluding hydrogens is 488 g/mol. The monoisotopic (exact) mass is 522 g/mol. The van der Waals surface area contributed by atoms with Gasteiger partial charge in [0.1, 0.15) is 11.5 Å². The van der Waals surface area contributed by atoms with Crippen LogP contribution in [0.3, 0.4) is 0 Å². The van der Waals surface area contributed by atoms with Gasteiger partial charge in [0.15, 0.2) is 11.5 Å². The number of ether oxygens (including phenoxy) is 3. The van der Waals surface area contributed by atoms with Crippen molar-refractivity contribution in [1.29, 1.82) is 0 Å². The second-order valence-corrected chi connectivity index (χ2v) is 8.79. The number of carbonyl (C=O) groups excluding carboxylic acids is 1. The van der Waals surface area contributed by atoms with Gasteiger partial charge in [0.2, 0.25) is 0 Å². The number of amides is 2. The smallest absolute Gasteiger partial charge is 0.323 e. The first kappa shape index (κ1) is 28.1. The number of urea groups is 1. The second-order valence-electron chi connectivity index (χ2n) is 8.79. The van der Waals surface area contributed by atoms with Gasteiger partial charge in [-0.25, -0.2) is 4.79 Å². The molecule has 0 saturated carbocycles. The number of benzene rings is 3. The van der Waals surface area contributed by atoms with Crippen LogP contribution in [-0.4, -0.2) is 68.4 Å². The lowest BCUT2D eigenvalue weighted by Gasteiger charge is -2.17. The van der Waals surface area contributed by atoms with E-state index in [0.717, 1.165) is 18.7 Å². The number of phenols is 1. The highest BCUT2D eigenvalue weighted by atomic mass is 16.5. The number of rotatable bonds is 11. The standard InChI is InChI=1S/C28H34N4O6/c1-18(31-35)23-12-7-19(15-25(23)33)24-16-21(17-26(36-4)27(24)37-5)30-28(34)29-20-8-10-22(11-9-20)38-14-6-13-32(2)3/h7-12,15-17,33,35H,6,13-14H2,1-5H3,(H2,29,30,34)/b31-18+. The topological polar surface area (TPSA) is 125 Å². The fraction of sp³-hybridized carbons (Fsp3) is 0.286. The molecule has 0 atom stereocenters. The van der Waals surface area contributed by atoms with Crippen LogP contribution in [0.5, 0.6) is 23.0 Å². The lowest BCUT2D eigenvalue weighted by molar-refractivity contribution is 0.262. The van der Waals surface area contributed by atoms with E-state index >= 15 is 0 Å². The van der Waals surface area contributed by atoms with Crippen LogP contribution in [0.2, 0.25) is 0 Å². The van der Waals surface area contributed by atoms with Gasteiger partial charge in [-0.15, -0.1) is 0 Å². The maximum atomic E-state index is 12.7. The van der Waals surface area contributed by atoms with E-state index in [0.29, 0.717) is 46.2 Å². The van der Waals surface area contributed by atoms with E-state index in [-0.39, 0.29) is 11.5 Å². The zero-order valence-electron chi connectivity index (χ0n) is 22.2. The number of phenolic OH excluding ortho intramolecular Hbond substituents is 1. The molecule has 0 saturated heterocycles. The average molecular weight is 523 g/mol. The van der Waals surface area contributed by atoms with Crippen LogP contribution in [0, 0.1) is 0 Å². The zero-order chi connectivity index (χ0) is 27.7. The number of nitrogens with zero attached hydrogens (tertiary/aromatic N) is 2. The molecule has 3 rings (SSSR count). The molecule has 0 heterocycles. The van der Waals surface area contributed by atoms with Crippen molar-refractivity contribution in [3.63, 3.8) is 0 Å². The highest BCUT2D eigenvalue weighted by Crippen LogP contribution is 2.42. The van der Waals surface area contributed by atoms with Crippen LogP contribution >= 0.6 is 0 Å². The van der Waals surface area contributed by atoms with Crippen LogP contribution in [0.4, 0.5) is 16.2 Å². The predicted molar refractivity (Wildman–Crippen MR) is 148 cm³/mol. The minimum atomic E-state index is -0.448.